The molecule has 1 aromatic heterocycles. The summed E-state index contributed by atoms with van der Waals surface area (Å²) in [6.07, 6.45) is 0.254. The van der Waals surface area contributed by atoms with E-state index in [9.17, 15) is 9.59 Å². The summed E-state index contributed by atoms with van der Waals surface area (Å²) in [7, 11) is 0. The van der Waals surface area contributed by atoms with E-state index in [2.05, 4.69) is 10.3 Å². The predicted octanol–water partition coefficient (Wildman–Crippen LogP) is 5.72. The number of rotatable bonds is 7. The molecule has 0 bridgehead atoms. The third kappa shape index (κ3) is 4.32. The molecule has 0 aliphatic heterocycles. The van der Waals surface area contributed by atoms with Gasteiger partial charge in [-0.05, 0) is 26.0 Å². The lowest BCUT2D eigenvalue weighted by Gasteiger charge is -2.16. The average Bonchev–Trinajstić information content (AvgIpc) is 3.00. The summed E-state index contributed by atoms with van der Waals surface area (Å²) in [5, 5.41) is 4.74. The standard InChI is InChI=1S/C21H20Cl2N2O3/c1-3-28-21(27)20-19(18-15(23)10-14(22)11-16(18)25-20)24-12(2)9-17(26)13-7-5-4-6-8-13/h4-8,10-12,24-25H,3,9H2,1-2H3. The molecule has 5 nitrogen and oxygen atoms in total. The van der Waals surface area contributed by atoms with Gasteiger partial charge in [-0.1, -0.05) is 53.5 Å². The SMILES string of the molecule is CCOC(=O)c1[nH]c2cc(Cl)cc(Cl)c2c1NC(C)CC(=O)c1ccccc1. The Morgan fingerprint density at radius 2 is 1.89 bits per heavy atom. The maximum Gasteiger partial charge on any atom is 0.356 e. The fourth-order valence-corrected chi connectivity index (χ4v) is 3.65. The van der Waals surface area contributed by atoms with E-state index in [0.717, 1.165) is 0 Å². The summed E-state index contributed by atoms with van der Waals surface area (Å²) in [5.41, 5.74) is 2.01. The van der Waals surface area contributed by atoms with Gasteiger partial charge >= 0.3 is 5.97 Å². The molecule has 2 N–H and O–H groups in total. The number of carbonyl (C=O) groups is 2. The zero-order valence-electron chi connectivity index (χ0n) is 15.5. The van der Waals surface area contributed by atoms with Crippen LogP contribution in [0.2, 0.25) is 10.0 Å². The minimum absolute atomic E-state index is 0.00673. The van der Waals surface area contributed by atoms with Gasteiger partial charge < -0.3 is 15.0 Å². The molecular formula is C21H20Cl2N2O3. The first-order chi connectivity index (χ1) is 13.4. The molecule has 3 rings (SSSR count). The molecule has 1 unspecified atom stereocenters. The number of ether oxygens (including phenoxy) is 1. The van der Waals surface area contributed by atoms with Crippen LogP contribution in [0.3, 0.4) is 0 Å². The highest BCUT2D eigenvalue weighted by Gasteiger charge is 2.23. The highest BCUT2D eigenvalue weighted by molar-refractivity contribution is 6.40. The van der Waals surface area contributed by atoms with Gasteiger partial charge in [0.2, 0.25) is 0 Å². The zero-order valence-corrected chi connectivity index (χ0v) is 17.0. The maximum atomic E-state index is 12.5. The van der Waals surface area contributed by atoms with Crippen LogP contribution in [0.1, 0.15) is 41.1 Å². The van der Waals surface area contributed by atoms with Crippen molar-refractivity contribution < 1.29 is 14.3 Å². The Bertz CT molecular complexity index is 1020. The third-order valence-electron chi connectivity index (χ3n) is 4.27. The summed E-state index contributed by atoms with van der Waals surface area (Å²) >= 11 is 12.5. The van der Waals surface area contributed by atoms with E-state index >= 15 is 0 Å². The molecule has 1 heterocycles. The summed E-state index contributed by atoms with van der Waals surface area (Å²) in [4.78, 5) is 27.9. The second-order valence-electron chi connectivity index (χ2n) is 6.44. The Balaban J connectivity index is 1.93. The number of ketones is 1. The Hall–Kier alpha value is -2.50. The number of aromatic amines is 1. The Morgan fingerprint density at radius 1 is 1.18 bits per heavy atom. The molecule has 7 heteroatoms. The number of fused-ring (bicyclic) bond motifs is 1. The minimum atomic E-state index is -0.505. The van der Waals surface area contributed by atoms with Gasteiger partial charge in [-0.15, -0.1) is 0 Å². The van der Waals surface area contributed by atoms with Crippen LogP contribution in [0.4, 0.5) is 5.69 Å². The van der Waals surface area contributed by atoms with Crippen molar-refractivity contribution in [2.75, 3.05) is 11.9 Å². The second kappa shape index (κ2) is 8.67. The van der Waals surface area contributed by atoms with Gasteiger partial charge in [0.15, 0.2) is 5.78 Å². The van der Waals surface area contributed by atoms with E-state index in [4.69, 9.17) is 27.9 Å². The lowest BCUT2D eigenvalue weighted by molar-refractivity contribution is 0.0521. The highest BCUT2D eigenvalue weighted by Crippen LogP contribution is 2.37. The lowest BCUT2D eigenvalue weighted by Crippen LogP contribution is -2.21. The van der Waals surface area contributed by atoms with Gasteiger partial charge in [-0.25, -0.2) is 4.79 Å². The number of esters is 1. The Morgan fingerprint density at radius 3 is 2.57 bits per heavy atom. The van der Waals surface area contributed by atoms with E-state index in [1.165, 1.54) is 0 Å². The largest absolute Gasteiger partial charge is 0.461 e. The Labute approximate surface area is 173 Å². The number of hydrogen-bond acceptors (Lipinski definition) is 4. The number of anilines is 1. The molecule has 0 aliphatic rings. The van der Waals surface area contributed by atoms with Crippen LogP contribution in [-0.2, 0) is 4.74 Å². The highest BCUT2D eigenvalue weighted by atomic mass is 35.5. The molecule has 0 saturated carbocycles. The van der Waals surface area contributed by atoms with Crippen molar-refractivity contribution in [1.29, 1.82) is 0 Å². The number of nitrogens with one attached hydrogen (secondary N) is 2. The predicted molar refractivity (Wildman–Crippen MR) is 113 cm³/mol. The van der Waals surface area contributed by atoms with Crippen LogP contribution in [0.25, 0.3) is 10.9 Å². The van der Waals surface area contributed by atoms with E-state index < -0.39 is 5.97 Å². The number of halogens is 2. The van der Waals surface area contributed by atoms with Gasteiger partial charge in [0.25, 0.3) is 0 Å². The van der Waals surface area contributed by atoms with Gasteiger partial charge in [0, 0.05) is 28.4 Å². The number of aromatic nitrogens is 1. The van der Waals surface area contributed by atoms with Gasteiger partial charge in [0.05, 0.1) is 22.8 Å². The first kappa shape index (κ1) is 20.2. The third-order valence-corrected chi connectivity index (χ3v) is 4.79. The van der Waals surface area contributed by atoms with Crippen molar-refractivity contribution in [1.82, 2.24) is 4.98 Å². The number of carbonyl (C=O) groups excluding carboxylic acids is 2. The van der Waals surface area contributed by atoms with Crippen LogP contribution < -0.4 is 5.32 Å². The quantitative estimate of drug-likeness (QED) is 0.379. The second-order valence-corrected chi connectivity index (χ2v) is 7.29. The van der Waals surface area contributed by atoms with Crippen molar-refractivity contribution >= 4 is 51.5 Å². The van der Waals surface area contributed by atoms with E-state index in [0.29, 0.717) is 32.2 Å². The normalized spacial score (nSPS) is 12.0. The van der Waals surface area contributed by atoms with Crippen LogP contribution in [-0.4, -0.2) is 29.4 Å². The van der Waals surface area contributed by atoms with Crippen molar-refractivity contribution in [2.45, 2.75) is 26.3 Å². The van der Waals surface area contributed by atoms with Crippen LogP contribution in [0.15, 0.2) is 42.5 Å². The molecular weight excluding hydrogens is 399 g/mol. The zero-order chi connectivity index (χ0) is 20.3. The summed E-state index contributed by atoms with van der Waals surface area (Å²) in [6, 6.07) is 12.1. The van der Waals surface area contributed by atoms with Crippen molar-refractivity contribution in [3.05, 3.63) is 63.8 Å². The molecule has 1 atom stereocenters. The van der Waals surface area contributed by atoms with E-state index in [1.807, 2.05) is 25.1 Å². The molecule has 0 saturated heterocycles. The minimum Gasteiger partial charge on any atom is -0.461 e. The van der Waals surface area contributed by atoms with E-state index in [1.54, 1.807) is 31.2 Å². The summed E-state index contributed by atoms with van der Waals surface area (Å²) in [6.45, 7) is 3.85. The van der Waals surface area contributed by atoms with Crippen LogP contribution in [0, 0.1) is 0 Å². The monoisotopic (exact) mass is 418 g/mol. The first-order valence-electron chi connectivity index (χ1n) is 8.93. The fraction of sp³-hybridized carbons (Fsp3) is 0.238. The number of Topliss-reactive ketones (excluding diaryl/α,β-unsaturated/α-hetero) is 1. The van der Waals surface area contributed by atoms with E-state index in [-0.39, 0.29) is 30.5 Å². The number of benzene rings is 2. The summed E-state index contributed by atoms with van der Waals surface area (Å²) in [5.74, 6) is -0.498. The number of hydrogen-bond donors (Lipinski definition) is 2. The molecule has 146 valence electrons. The van der Waals surface area contributed by atoms with Crippen LogP contribution in [0.5, 0.6) is 0 Å². The summed E-state index contributed by atoms with van der Waals surface area (Å²) < 4.78 is 5.15. The van der Waals surface area contributed by atoms with Crippen molar-refractivity contribution in [2.24, 2.45) is 0 Å². The molecule has 0 aliphatic carbocycles. The first-order valence-corrected chi connectivity index (χ1v) is 9.69. The topological polar surface area (TPSA) is 71.2 Å². The van der Waals surface area contributed by atoms with Crippen molar-refractivity contribution in [3.8, 4) is 0 Å². The molecule has 0 fully saturated rings. The maximum absolute atomic E-state index is 12.5. The Kier molecular flexibility index (Phi) is 6.27. The van der Waals surface area contributed by atoms with Crippen LogP contribution >= 0.6 is 23.2 Å². The molecule has 0 amide bonds. The van der Waals surface area contributed by atoms with Gasteiger partial charge in [-0.2, -0.15) is 0 Å². The smallest absolute Gasteiger partial charge is 0.356 e. The van der Waals surface area contributed by atoms with Crippen molar-refractivity contribution in [3.63, 3.8) is 0 Å². The van der Waals surface area contributed by atoms with Gasteiger partial charge in [-0.3, -0.25) is 4.79 Å². The molecule has 0 spiro atoms. The molecule has 0 radical (unpaired) electrons. The molecule has 2 aromatic carbocycles. The average molecular weight is 419 g/mol. The fourth-order valence-electron chi connectivity index (χ4n) is 3.07. The molecule has 28 heavy (non-hydrogen) atoms. The number of H-pyrrole nitrogens is 1. The lowest BCUT2D eigenvalue weighted by atomic mass is 10.0. The van der Waals surface area contributed by atoms with Gasteiger partial charge in [0.1, 0.15) is 5.69 Å². The molecule has 3 aromatic rings.